The largest absolute Gasteiger partial charge is 0.333 e. The van der Waals surface area contributed by atoms with E-state index in [0.717, 1.165) is 23.8 Å². The molecule has 2 aliphatic rings. The van der Waals surface area contributed by atoms with Crippen molar-refractivity contribution in [1.29, 1.82) is 0 Å². The lowest BCUT2D eigenvalue weighted by atomic mass is 10.1. The third-order valence-corrected chi connectivity index (χ3v) is 5.02. The van der Waals surface area contributed by atoms with Gasteiger partial charge >= 0.3 is 0 Å². The van der Waals surface area contributed by atoms with Crippen LogP contribution in [0.3, 0.4) is 0 Å². The number of benzene rings is 1. The molecule has 0 bridgehead atoms. The topological polar surface area (TPSA) is 51.0 Å². The van der Waals surface area contributed by atoms with Crippen LogP contribution < -0.4 is 0 Å². The van der Waals surface area contributed by atoms with Crippen molar-refractivity contribution < 1.29 is 4.79 Å². The Morgan fingerprint density at radius 1 is 1.22 bits per heavy atom. The summed E-state index contributed by atoms with van der Waals surface area (Å²) < 4.78 is 2.18. The first-order valence-corrected chi connectivity index (χ1v) is 8.51. The van der Waals surface area contributed by atoms with Gasteiger partial charge in [0, 0.05) is 29.1 Å². The Kier molecular flexibility index (Phi) is 3.77. The minimum atomic E-state index is 0.0523. The summed E-state index contributed by atoms with van der Waals surface area (Å²) in [6, 6.07) is 5.23. The first kappa shape index (κ1) is 15.0. The predicted molar refractivity (Wildman–Crippen MR) is 87.6 cm³/mol. The van der Waals surface area contributed by atoms with Gasteiger partial charge in [0.15, 0.2) is 5.82 Å². The van der Waals surface area contributed by atoms with Crippen molar-refractivity contribution in [2.45, 2.75) is 38.3 Å². The third-order valence-electron chi connectivity index (χ3n) is 4.43. The molecule has 1 aliphatic heterocycles. The van der Waals surface area contributed by atoms with Crippen LogP contribution in [-0.2, 0) is 24.3 Å². The lowest BCUT2D eigenvalue weighted by molar-refractivity contribution is -0.132. The lowest BCUT2D eigenvalue weighted by Gasteiger charge is -2.28. The molecule has 1 aromatic carbocycles. The predicted octanol–water partition coefficient (Wildman–Crippen LogP) is 3.05. The van der Waals surface area contributed by atoms with Gasteiger partial charge in [0.2, 0.25) is 5.91 Å². The fourth-order valence-corrected chi connectivity index (χ4v) is 3.45. The van der Waals surface area contributed by atoms with E-state index < -0.39 is 0 Å². The van der Waals surface area contributed by atoms with Gasteiger partial charge in [0.25, 0.3) is 0 Å². The number of nitrogens with zero attached hydrogens (tertiary/aromatic N) is 4. The Labute approximate surface area is 144 Å². The summed E-state index contributed by atoms with van der Waals surface area (Å²) >= 11 is 12.1. The number of carbonyl (C=O) groups is 1. The highest BCUT2D eigenvalue weighted by Crippen LogP contribution is 2.39. The number of aromatic nitrogens is 3. The van der Waals surface area contributed by atoms with Gasteiger partial charge in [-0.25, -0.2) is 0 Å². The van der Waals surface area contributed by atoms with Crippen LogP contribution in [0.25, 0.3) is 0 Å². The number of amides is 1. The molecule has 1 amide bonds. The van der Waals surface area contributed by atoms with Gasteiger partial charge in [-0.2, -0.15) is 0 Å². The quantitative estimate of drug-likeness (QED) is 0.854. The van der Waals surface area contributed by atoms with E-state index in [2.05, 4.69) is 14.8 Å². The van der Waals surface area contributed by atoms with Crippen LogP contribution in [0.1, 0.15) is 36.0 Å². The van der Waals surface area contributed by atoms with Crippen molar-refractivity contribution in [1.82, 2.24) is 19.7 Å². The van der Waals surface area contributed by atoms with Gasteiger partial charge < -0.3 is 9.47 Å². The Hall–Kier alpha value is -1.59. The number of hydrogen-bond acceptors (Lipinski definition) is 3. The molecule has 0 radical (unpaired) electrons. The second-order valence-corrected chi connectivity index (χ2v) is 6.97. The molecule has 23 heavy (non-hydrogen) atoms. The summed E-state index contributed by atoms with van der Waals surface area (Å²) in [7, 11) is 0. The molecule has 1 aliphatic carbocycles. The highest BCUT2D eigenvalue weighted by Gasteiger charge is 2.32. The Balaban J connectivity index is 1.47. The summed E-state index contributed by atoms with van der Waals surface area (Å²) in [5, 5.41) is 9.67. The van der Waals surface area contributed by atoms with E-state index in [1.54, 1.807) is 18.2 Å². The average molecular weight is 351 g/mol. The van der Waals surface area contributed by atoms with E-state index in [1.807, 2.05) is 4.90 Å². The van der Waals surface area contributed by atoms with E-state index >= 15 is 0 Å². The monoisotopic (exact) mass is 350 g/mol. The summed E-state index contributed by atoms with van der Waals surface area (Å²) in [5.74, 6) is 2.60. The summed E-state index contributed by atoms with van der Waals surface area (Å²) in [4.78, 5) is 14.4. The molecular formula is C16H16Cl2N4O. The van der Waals surface area contributed by atoms with Crippen molar-refractivity contribution in [3.05, 3.63) is 45.5 Å². The minimum Gasteiger partial charge on any atom is -0.333 e. The van der Waals surface area contributed by atoms with Gasteiger partial charge in [-0.1, -0.05) is 29.3 Å². The van der Waals surface area contributed by atoms with Crippen LogP contribution >= 0.6 is 23.2 Å². The number of carbonyl (C=O) groups excluding carboxylic acids is 1. The Morgan fingerprint density at radius 3 is 2.78 bits per heavy atom. The van der Waals surface area contributed by atoms with E-state index in [1.165, 1.54) is 12.8 Å². The number of halogens is 2. The van der Waals surface area contributed by atoms with Crippen molar-refractivity contribution in [2.24, 2.45) is 0 Å². The molecule has 120 valence electrons. The minimum absolute atomic E-state index is 0.0523. The normalized spacial score (nSPS) is 17.2. The lowest BCUT2D eigenvalue weighted by Crippen LogP contribution is -2.39. The molecule has 0 N–H and O–H groups in total. The number of fused-ring (bicyclic) bond motifs is 1. The first-order chi connectivity index (χ1) is 11.1. The van der Waals surface area contributed by atoms with Crippen LogP contribution in [0.5, 0.6) is 0 Å². The van der Waals surface area contributed by atoms with Gasteiger partial charge in [0.05, 0.1) is 13.0 Å². The van der Waals surface area contributed by atoms with Crippen molar-refractivity contribution in [3.8, 4) is 0 Å². The maximum atomic E-state index is 12.5. The second-order valence-electron chi connectivity index (χ2n) is 6.13. The van der Waals surface area contributed by atoms with Gasteiger partial charge in [-0.3, -0.25) is 4.79 Å². The van der Waals surface area contributed by atoms with Crippen LogP contribution in [0.4, 0.5) is 0 Å². The van der Waals surface area contributed by atoms with Crippen LogP contribution in [-0.4, -0.2) is 32.1 Å². The van der Waals surface area contributed by atoms with Crippen molar-refractivity contribution >= 4 is 29.1 Å². The van der Waals surface area contributed by atoms with Gasteiger partial charge in [-0.05, 0) is 30.5 Å². The maximum absolute atomic E-state index is 12.5. The molecule has 1 fully saturated rings. The molecule has 0 atom stereocenters. The number of rotatable bonds is 3. The molecular weight excluding hydrogens is 335 g/mol. The smallest absolute Gasteiger partial charge is 0.227 e. The zero-order valence-corrected chi connectivity index (χ0v) is 14.0. The van der Waals surface area contributed by atoms with Gasteiger partial charge in [0.1, 0.15) is 5.82 Å². The van der Waals surface area contributed by atoms with Crippen molar-refractivity contribution in [2.75, 3.05) is 6.54 Å². The molecule has 5 nitrogen and oxygen atoms in total. The molecule has 2 heterocycles. The number of hydrogen-bond donors (Lipinski definition) is 0. The molecule has 7 heteroatoms. The molecule has 4 rings (SSSR count). The molecule has 0 unspecified atom stereocenters. The summed E-state index contributed by atoms with van der Waals surface area (Å²) in [6.45, 7) is 1.98. The molecule has 1 saturated carbocycles. The molecule has 0 spiro atoms. The maximum Gasteiger partial charge on any atom is 0.227 e. The fourth-order valence-electron chi connectivity index (χ4n) is 2.98. The van der Waals surface area contributed by atoms with Gasteiger partial charge in [-0.15, -0.1) is 10.2 Å². The molecule has 1 aromatic heterocycles. The van der Waals surface area contributed by atoms with Crippen molar-refractivity contribution in [3.63, 3.8) is 0 Å². The Morgan fingerprint density at radius 2 is 2.04 bits per heavy atom. The van der Waals surface area contributed by atoms with Crippen LogP contribution in [0, 0.1) is 0 Å². The third kappa shape index (κ3) is 2.95. The summed E-state index contributed by atoms with van der Waals surface area (Å²) in [6.07, 6.45) is 2.69. The van der Waals surface area contributed by atoms with E-state index in [4.69, 9.17) is 23.2 Å². The zero-order valence-electron chi connectivity index (χ0n) is 12.5. The zero-order chi connectivity index (χ0) is 16.0. The van der Waals surface area contributed by atoms with E-state index in [0.29, 0.717) is 29.1 Å². The average Bonchev–Trinajstić information content (AvgIpc) is 3.29. The van der Waals surface area contributed by atoms with E-state index in [9.17, 15) is 4.79 Å². The standard InChI is InChI=1S/C16H16Cl2N4O/c17-12-4-3-11(13(18)8-12)7-15(23)21-5-6-22-14(9-21)19-20-16(22)10-1-2-10/h3-4,8,10H,1-2,5-7,9H2. The fraction of sp³-hybridized carbons (Fsp3) is 0.438. The molecule has 2 aromatic rings. The van der Waals surface area contributed by atoms with E-state index in [-0.39, 0.29) is 12.3 Å². The molecule has 0 saturated heterocycles. The summed E-state index contributed by atoms with van der Waals surface area (Å²) in [5.41, 5.74) is 0.798. The highest BCUT2D eigenvalue weighted by molar-refractivity contribution is 6.35. The second kappa shape index (κ2) is 5.80. The van der Waals surface area contributed by atoms with Crippen LogP contribution in [0.2, 0.25) is 10.0 Å². The Bertz CT molecular complexity index is 769. The SMILES string of the molecule is O=C(Cc1ccc(Cl)cc1Cl)N1CCn2c(nnc2C2CC2)C1. The first-order valence-electron chi connectivity index (χ1n) is 7.75. The van der Waals surface area contributed by atoms with Crippen LogP contribution in [0.15, 0.2) is 18.2 Å². The highest BCUT2D eigenvalue weighted by atomic mass is 35.5.